The molecule has 5 nitrogen and oxygen atoms in total. The molecule has 84 valence electrons. The molecule has 6 heteroatoms. The highest BCUT2D eigenvalue weighted by molar-refractivity contribution is 6.30. The number of aromatic nitrogens is 4. The maximum absolute atomic E-state index is 5.81. The van der Waals surface area contributed by atoms with Gasteiger partial charge in [0.15, 0.2) is 0 Å². The third-order valence-electron chi connectivity index (χ3n) is 2.22. The minimum absolute atomic E-state index is 0.526. The number of halogens is 1. The van der Waals surface area contributed by atoms with Crippen molar-refractivity contribution in [3.63, 3.8) is 0 Å². The standard InChI is InChI=1S/C11H7ClN4O/c12-9-5-3-8(4-6-9)11-13-15-16(14-11)10-2-1-7-17-10/h1-7H. The molecule has 0 saturated carbocycles. The van der Waals surface area contributed by atoms with Crippen LogP contribution in [0.5, 0.6) is 0 Å². The van der Waals surface area contributed by atoms with Gasteiger partial charge in [-0.15, -0.1) is 10.2 Å². The van der Waals surface area contributed by atoms with Gasteiger partial charge < -0.3 is 4.42 Å². The van der Waals surface area contributed by atoms with Gasteiger partial charge in [-0.25, -0.2) is 0 Å². The third-order valence-corrected chi connectivity index (χ3v) is 2.47. The number of hydrogen-bond acceptors (Lipinski definition) is 4. The molecule has 2 heterocycles. The van der Waals surface area contributed by atoms with Crippen molar-refractivity contribution in [1.29, 1.82) is 0 Å². The lowest BCUT2D eigenvalue weighted by atomic mass is 10.2. The van der Waals surface area contributed by atoms with Gasteiger partial charge in [0.25, 0.3) is 0 Å². The molecule has 0 fully saturated rings. The van der Waals surface area contributed by atoms with Gasteiger partial charge in [-0.3, -0.25) is 0 Å². The Kier molecular flexibility index (Phi) is 2.38. The first-order valence-corrected chi connectivity index (χ1v) is 5.30. The summed E-state index contributed by atoms with van der Waals surface area (Å²) in [7, 11) is 0. The SMILES string of the molecule is Clc1ccc(-c2nnn(-c3ccco3)n2)cc1. The Morgan fingerprint density at radius 2 is 1.94 bits per heavy atom. The van der Waals surface area contributed by atoms with Crippen molar-refractivity contribution in [2.75, 3.05) is 0 Å². The summed E-state index contributed by atoms with van der Waals surface area (Å²) in [6.45, 7) is 0. The van der Waals surface area contributed by atoms with Crippen LogP contribution in [0.25, 0.3) is 17.3 Å². The van der Waals surface area contributed by atoms with E-state index in [2.05, 4.69) is 15.4 Å². The first-order chi connectivity index (χ1) is 8.33. The van der Waals surface area contributed by atoms with Crippen molar-refractivity contribution >= 4 is 11.6 Å². The van der Waals surface area contributed by atoms with Crippen LogP contribution in [0, 0.1) is 0 Å². The number of benzene rings is 1. The molecule has 0 spiro atoms. The lowest BCUT2D eigenvalue weighted by molar-refractivity contribution is 0.494. The van der Waals surface area contributed by atoms with E-state index in [0.29, 0.717) is 16.7 Å². The lowest BCUT2D eigenvalue weighted by Crippen LogP contribution is -1.96. The molecular formula is C11H7ClN4O. The van der Waals surface area contributed by atoms with Crippen LogP contribution in [0.15, 0.2) is 47.1 Å². The highest BCUT2D eigenvalue weighted by atomic mass is 35.5. The molecule has 0 atom stereocenters. The van der Waals surface area contributed by atoms with Crippen LogP contribution in [-0.4, -0.2) is 20.2 Å². The Morgan fingerprint density at radius 1 is 1.12 bits per heavy atom. The maximum atomic E-state index is 5.81. The van der Waals surface area contributed by atoms with Crippen LogP contribution in [0.2, 0.25) is 5.02 Å². The van der Waals surface area contributed by atoms with E-state index < -0.39 is 0 Å². The molecular weight excluding hydrogens is 240 g/mol. The zero-order valence-electron chi connectivity index (χ0n) is 8.62. The summed E-state index contributed by atoms with van der Waals surface area (Å²) in [4.78, 5) is 1.34. The van der Waals surface area contributed by atoms with E-state index in [-0.39, 0.29) is 0 Å². The Morgan fingerprint density at radius 3 is 2.65 bits per heavy atom. The van der Waals surface area contributed by atoms with Gasteiger partial charge in [0.2, 0.25) is 11.7 Å². The van der Waals surface area contributed by atoms with E-state index in [1.807, 2.05) is 12.1 Å². The monoisotopic (exact) mass is 246 g/mol. The smallest absolute Gasteiger partial charge is 0.239 e. The van der Waals surface area contributed by atoms with Crippen molar-refractivity contribution in [2.24, 2.45) is 0 Å². The fourth-order valence-electron chi connectivity index (χ4n) is 1.41. The van der Waals surface area contributed by atoms with Crippen molar-refractivity contribution in [2.45, 2.75) is 0 Å². The number of tetrazole rings is 1. The highest BCUT2D eigenvalue weighted by Crippen LogP contribution is 2.17. The molecule has 3 rings (SSSR count). The van der Waals surface area contributed by atoms with E-state index in [9.17, 15) is 0 Å². The second-order valence-corrected chi connectivity index (χ2v) is 3.80. The van der Waals surface area contributed by atoms with Crippen molar-refractivity contribution < 1.29 is 4.42 Å². The number of furan rings is 1. The summed E-state index contributed by atoms with van der Waals surface area (Å²) < 4.78 is 5.16. The second-order valence-electron chi connectivity index (χ2n) is 3.36. The van der Waals surface area contributed by atoms with Crippen molar-refractivity contribution in [3.8, 4) is 17.3 Å². The Bertz CT molecular complexity index is 615. The van der Waals surface area contributed by atoms with E-state index in [4.69, 9.17) is 16.0 Å². The first-order valence-electron chi connectivity index (χ1n) is 4.93. The van der Waals surface area contributed by atoms with Gasteiger partial charge in [-0.05, 0) is 35.5 Å². The molecule has 0 aliphatic rings. The molecule has 17 heavy (non-hydrogen) atoms. The number of rotatable bonds is 2. The summed E-state index contributed by atoms with van der Waals surface area (Å²) >= 11 is 5.81. The molecule has 3 aromatic rings. The predicted octanol–water partition coefficient (Wildman–Crippen LogP) is 2.58. The molecule has 0 N–H and O–H groups in total. The summed E-state index contributed by atoms with van der Waals surface area (Å²) in [6, 6.07) is 10.8. The average Bonchev–Trinajstić information content (AvgIpc) is 3.00. The topological polar surface area (TPSA) is 56.7 Å². The van der Waals surface area contributed by atoms with Crippen LogP contribution < -0.4 is 0 Å². The van der Waals surface area contributed by atoms with Gasteiger partial charge in [-0.1, -0.05) is 16.4 Å². The van der Waals surface area contributed by atoms with Gasteiger partial charge in [0, 0.05) is 16.7 Å². The summed E-state index contributed by atoms with van der Waals surface area (Å²) in [5.41, 5.74) is 0.854. The fourth-order valence-corrected chi connectivity index (χ4v) is 1.53. The molecule has 0 saturated heterocycles. The molecule has 0 aliphatic heterocycles. The third kappa shape index (κ3) is 1.92. The van der Waals surface area contributed by atoms with Crippen LogP contribution in [-0.2, 0) is 0 Å². The summed E-state index contributed by atoms with van der Waals surface area (Å²) in [5, 5.41) is 12.7. The Balaban J connectivity index is 1.98. The number of nitrogens with zero attached hydrogens (tertiary/aromatic N) is 4. The lowest BCUT2D eigenvalue weighted by Gasteiger charge is -1.93. The van der Waals surface area contributed by atoms with Crippen LogP contribution in [0.1, 0.15) is 0 Å². The highest BCUT2D eigenvalue weighted by Gasteiger charge is 2.08. The van der Waals surface area contributed by atoms with Crippen molar-refractivity contribution in [3.05, 3.63) is 47.7 Å². The van der Waals surface area contributed by atoms with Gasteiger partial charge in [0.1, 0.15) is 0 Å². The molecule has 1 aromatic carbocycles. The minimum Gasteiger partial charge on any atom is -0.445 e. The van der Waals surface area contributed by atoms with E-state index in [1.165, 1.54) is 4.80 Å². The van der Waals surface area contributed by atoms with Crippen LogP contribution in [0.4, 0.5) is 0 Å². The predicted molar refractivity (Wildman–Crippen MR) is 61.9 cm³/mol. The number of hydrogen-bond donors (Lipinski definition) is 0. The molecule has 2 aromatic heterocycles. The van der Waals surface area contributed by atoms with E-state index >= 15 is 0 Å². The maximum Gasteiger partial charge on any atom is 0.239 e. The zero-order chi connectivity index (χ0) is 11.7. The van der Waals surface area contributed by atoms with Crippen molar-refractivity contribution in [1.82, 2.24) is 20.2 Å². The largest absolute Gasteiger partial charge is 0.445 e. The van der Waals surface area contributed by atoms with E-state index in [1.54, 1.807) is 30.5 Å². The van der Waals surface area contributed by atoms with Crippen LogP contribution >= 0.6 is 11.6 Å². The Labute approximate surface area is 102 Å². The molecule has 0 unspecified atom stereocenters. The minimum atomic E-state index is 0.526. The average molecular weight is 247 g/mol. The molecule has 0 aliphatic carbocycles. The zero-order valence-corrected chi connectivity index (χ0v) is 9.37. The van der Waals surface area contributed by atoms with E-state index in [0.717, 1.165) is 5.56 Å². The first kappa shape index (κ1) is 10.0. The molecule has 0 bridgehead atoms. The summed E-state index contributed by atoms with van der Waals surface area (Å²) in [5.74, 6) is 1.05. The Hall–Kier alpha value is -2.14. The molecule has 0 radical (unpaired) electrons. The fraction of sp³-hybridized carbons (Fsp3) is 0. The van der Waals surface area contributed by atoms with Crippen LogP contribution in [0.3, 0.4) is 0 Å². The quantitative estimate of drug-likeness (QED) is 0.697. The normalized spacial score (nSPS) is 10.6. The second kappa shape index (κ2) is 4.03. The summed E-state index contributed by atoms with van der Waals surface area (Å²) in [6.07, 6.45) is 1.56. The van der Waals surface area contributed by atoms with Gasteiger partial charge >= 0.3 is 0 Å². The van der Waals surface area contributed by atoms with Gasteiger partial charge in [0.05, 0.1) is 6.26 Å². The van der Waals surface area contributed by atoms with Gasteiger partial charge in [-0.2, -0.15) is 0 Å². The molecule has 0 amide bonds.